The predicted molar refractivity (Wildman–Crippen MR) is 118 cm³/mol. The van der Waals surface area contributed by atoms with Crippen LogP contribution in [0.25, 0.3) is 10.6 Å². The van der Waals surface area contributed by atoms with Gasteiger partial charge < -0.3 is 25.0 Å². The van der Waals surface area contributed by atoms with Gasteiger partial charge in [0.2, 0.25) is 0 Å². The quantitative estimate of drug-likeness (QED) is 0.194. The molecule has 0 radical (unpaired) electrons. The first-order chi connectivity index (χ1) is 15.0. The molecule has 2 amide bonds. The molecule has 0 heterocycles. The SMILES string of the molecule is CCCC(=O)[N-]CCCOCC(=O)[N-]Cc1ccc(CC(=O)C2CCCCC2=O)cc1.[Rb+].[Rb+]. The van der Waals surface area contributed by atoms with Crippen LogP contribution in [0.3, 0.4) is 0 Å². The Kier molecular flexibility index (Phi) is 20.8. The van der Waals surface area contributed by atoms with Crippen LogP contribution in [-0.2, 0) is 36.9 Å². The molecule has 0 saturated heterocycles. The average Bonchev–Trinajstić information content (AvgIpc) is 2.76. The maximum atomic E-state index is 12.4. The topological polar surface area (TPSA) is 106 Å². The number of ether oxygens (including phenoxy) is 1. The standard InChI is InChI=1S/C24H34N2O5.2Rb/c1-2-6-23(29)25-13-5-14-31-17-24(30)26-16-19-11-9-18(10-12-19)15-22(28)20-7-3-4-8-21(20)27;;/h9-12,20H,2-8,13-17H2,1H3,(H2,25,26,29,30);;/q;2*+1/p-2. The first kappa shape index (κ1) is 34.1. The van der Waals surface area contributed by atoms with E-state index in [2.05, 4.69) is 10.6 Å². The summed E-state index contributed by atoms with van der Waals surface area (Å²) in [5.41, 5.74) is 1.73. The summed E-state index contributed by atoms with van der Waals surface area (Å²) in [6.07, 6.45) is 5.13. The van der Waals surface area contributed by atoms with Crippen molar-refractivity contribution in [2.75, 3.05) is 19.8 Å². The number of hydrogen-bond acceptors (Lipinski definition) is 5. The van der Waals surface area contributed by atoms with E-state index in [4.69, 9.17) is 4.74 Å². The van der Waals surface area contributed by atoms with E-state index in [1.54, 1.807) is 0 Å². The van der Waals surface area contributed by atoms with E-state index in [1.807, 2.05) is 31.2 Å². The van der Waals surface area contributed by atoms with E-state index < -0.39 is 5.92 Å². The van der Waals surface area contributed by atoms with E-state index >= 15 is 0 Å². The van der Waals surface area contributed by atoms with Gasteiger partial charge in [-0.25, -0.2) is 0 Å². The Morgan fingerprint density at radius 2 is 1.70 bits per heavy atom. The number of amides is 2. The Balaban J connectivity index is 0.00000512. The summed E-state index contributed by atoms with van der Waals surface area (Å²) < 4.78 is 5.28. The van der Waals surface area contributed by atoms with Crippen molar-refractivity contribution in [2.24, 2.45) is 5.92 Å². The van der Waals surface area contributed by atoms with Crippen molar-refractivity contribution >= 4 is 23.4 Å². The number of carbonyl (C=O) groups is 4. The molecule has 0 N–H and O–H groups in total. The molecular weight excluding hydrogens is 567 g/mol. The van der Waals surface area contributed by atoms with Crippen LogP contribution in [0.15, 0.2) is 24.3 Å². The van der Waals surface area contributed by atoms with Gasteiger partial charge in [0.25, 0.3) is 0 Å². The van der Waals surface area contributed by atoms with Gasteiger partial charge in [-0.1, -0.05) is 49.6 Å². The minimum atomic E-state index is -0.438. The van der Waals surface area contributed by atoms with Gasteiger partial charge in [0.1, 0.15) is 11.6 Å². The van der Waals surface area contributed by atoms with Crippen LogP contribution in [-0.4, -0.2) is 43.1 Å². The maximum absolute atomic E-state index is 12.4. The summed E-state index contributed by atoms with van der Waals surface area (Å²) in [7, 11) is 0. The van der Waals surface area contributed by atoms with E-state index in [-0.39, 0.29) is 159 Å². The molecule has 1 aromatic carbocycles. The van der Waals surface area contributed by atoms with Gasteiger partial charge in [-0.15, -0.1) is 13.1 Å². The molecule has 1 aliphatic carbocycles. The van der Waals surface area contributed by atoms with Crippen LogP contribution in [0, 0.1) is 5.92 Å². The molecule has 7 nitrogen and oxygen atoms in total. The molecular formula is C24H32N2O5Rb2. The third-order valence-corrected chi connectivity index (χ3v) is 5.21. The fourth-order valence-electron chi connectivity index (χ4n) is 3.46. The number of Topliss-reactive ketones (excluding diaryl/α,β-unsaturated/α-hetero) is 2. The van der Waals surface area contributed by atoms with Crippen LogP contribution in [0.4, 0.5) is 0 Å². The van der Waals surface area contributed by atoms with Crippen molar-refractivity contribution in [3.8, 4) is 0 Å². The summed E-state index contributed by atoms with van der Waals surface area (Å²) in [6.45, 7) is 2.86. The monoisotopic (exact) mass is 598 g/mol. The predicted octanol–water partition coefficient (Wildman–Crippen LogP) is -1.93. The van der Waals surface area contributed by atoms with Crippen molar-refractivity contribution in [3.05, 3.63) is 46.0 Å². The second kappa shape index (κ2) is 20.2. The number of rotatable bonds is 13. The van der Waals surface area contributed by atoms with Crippen molar-refractivity contribution in [3.63, 3.8) is 0 Å². The second-order valence-electron chi connectivity index (χ2n) is 7.87. The Bertz CT molecular complexity index is 756. The molecule has 9 heteroatoms. The molecule has 1 saturated carbocycles. The molecule has 0 aromatic heterocycles. The van der Waals surface area contributed by atoms with Crippen LogP contribution in [0.2, 0.25) is 0 Å². The first-order valence-corrected chi connectivity index (χ1v) is 11.1. The number of carbonyl (C=O) groups excluding carboxylic acids is 4. The number of nitrogens with zero attached hydrogens (tertiary/aromatic N) is 2. The summed E-state index contributed by atoms with van der Waals surface area (Å²) >= 11 is 0. The second-order valence-corrected chi connectivity index (χ2v) is 7.87. The molecule has 0 spiro atoms. The minimum Gasteiger partial charge on any atom is -0.653 e. The van der Waals surface area contributed by atoms with Crippen molar-refractivity contribution in [1.82, 2.24) is 0 Å². The average molecular weight is 599 g/mol. The maximum Gasteiger partial charge on any atom is 1.00 e. The molecule has 1 aromatic rings. The third kappa shape index (κ3) is 14.4. The van der Waals surface area contributed by atoms with Gasteiger partial charge in [0, 0.05) is 19.4 Å². The molecule has 0 aliphatic heterocycles. The van der Waals surface area contributed by atoms with Crippen molar-refractivity contribution in [1.29, 1.82) is 0 Å². The largest absolute Gasteiger partial charge is 1.00 e. The Morgan fingerprint density at radius 1 is 1.00 bits per heavy atom. The van der Waals surface area contributed by atoms with Crippen LogP contribution in [0.5, 0.6) is 0 Å². The Labute approximate surface area is 294 Å². The first-order valence-electron chi connectivity index (χ1n) is 11.1. The van der Waals surface area contributed by atoms with Crippen molar-refractivity contribution < 1.29 is 140 Å². The van der Waals surface area contributed by atoms with Crippen LogP contribution >= 0.6 is 0 Å². The Morgan fingerprint density at radius 3 is 2.36 bits per heavy atom. The number of hydrogen-bond donors (Lipinski definition) is 0. The summed E-state index contributed by atoms with van der Waals surface area (Å²) in [6, 6.07) is 7.39. The van der Waals surface area contributed by atoms with E-state index in [0.29, 0.717) is 38.8 Å². The normalized spacial score (nSPS) is 15.1. The number of ketones is 2. The Hall–Kier alpha value is 1.07. The van der Waals surface area contributed by atoms with E-state index in [1.165, 1.54) is 0 Å². The molecule has 0 bridgehead atoms. The molecule has 33 heavy (non-hydrogen) atoms. The molecule has 1 unspecified atom stereocenters. The van der Waals surface area contributed by atoms with Gasteiger partial charge in [0.15, 0.2) is 0 Å². The van der Waals surface area contributed by atoms with Gasteiger partial charge in [-0.2, -0.15) is 0 Å². The fraction of sp³-hybridized carbons (Fsp3) is 0.583. The van der Waals surface area contributed by atoms with Gasteiger partial charge in [-0.05, 0) is 31.2 Å². The molecule has 2 rings (SSSR count). The minimum absolute atomic E-state index is 0. The summed E-state index contributed by atoms with van der Waals surface area (Å²) in [5, 5.41) is 7.88. The number of benzene rings is 1. The zero-order valence-electron chi connectivity index (χ0n) is 20.3. The zero-order chi connectivity index (χ0) is 22.5. The van der Waals surface area contributed by atoms with E-state index in [0.717, 1.165) is 30.4 Å². The third-order valence-electron chi connectivity index (χ3n) is 5.21. The summed E-state index contributed by atoms with van der Waals surface area (Å²) in [4.78, 5) is 47.4. The van der Waals surface area contributed by atoms with Crippen LogP contribution < -0.4 is 116 Å². The molecule has 170 valence electrons. The van der Waals surface area contributed by atoms with Crippen molar-refractivity contribution in [2.45, 2.75) is 64.8 Å². The van der Waals surface area contributed by atoms with Crippen LogP contribution in [0.1, 0.15) is 63.0 Å². The molecule has 1 aliphatic rings. The molecule has 1 fully saturated rings. The smallest absolute Gasteiger partial charge is 0.653 e. The van der Waals surface area contributed by atoms with Gasteiger partial charge in [0.05, 0.1) is 24.3 Å². The van der Waals surface area contributed by atoms with Gasteiger partial charge in [-0.3, -0.25) is 9.59 Å². The molecule has 1 atom stereocenters. The fourth-order valence-corrected chi connectivity index (χ4v) is 3.46. The zero-order valence-corrected chi connectivity index (χ0v) is 30.1. The van der Waals surface area contributed by atoms with E-state index in [9.17, 15) is 19.2 Å². The van der Waals surface area contributed by atoms with Gasteiger partial charge >= 0.3 is 116 Å². The summed E-state index contributed by atoms with van der Waals surface area (Å²) in [5.74, 6) is -0.796.